The van der Waals surface area contributed by atoms with E-state index in [4.69, 9.17) is 4.74 Å². The van der Waals surface area contributed by atoms with Gasteiger partial charge in [-0.2, -0.15) is 0 Å². The SMILES string of the molecule is CCC(=O)N1CSC[C@H]1C(=O)NC[C@H](O)COCC(C)C. The first kappa shape index (κ1) is 18.3. The van der Waals surface area contributed by atoms with Gasteiger partial charge in [-0.05, 0) is 5.92 Å². The van der Waals surface area contributed by atoms with Gasteiger partial charge in [0.2, 0.25) is 11.8 Å². The second kappa shape index (κ2) is 9.27. The van der Waals surface area contributed by atoms with E-state index in [0.29, 0.717) is 30.6 Å². The normalized spacial score (nSPS) is 19.9. The number of aliphatic hydroxyl groups excluding tert-OH is 1. The second-order valence-corrected chi connectivity index (χ2v) is 6.56. The zero-order valence-corrected chi connectivity index (χ0v) is 13.8. The fraction of sp³-hybridized carbons (Fsp3) is 0.857. The Labute approximate surface area is 130 Å². The number of carbonyl (C=O) groups excluding carboxylic acids is 2. The number of carbonyl (C=O) groups is 2. The lowest BCUT2D eigenvalue weighted by atomic mass is 10.2. The summed E-state index contributed by atoms with van der Waals surface area (Å²) >= 11 is 1.57. The van der Waals surface area contributed by atoms with E-state index in [1.807, 2.05) is 13.8 Å². The molecule has 0 unspecified atom stereocenters. The highest BCUT2D eigenvalue weighted by Crippen LogP contribution is 2.21. The van der Waals surface area contributed by atoms with Crippen LogP contribution in [0.25, 0.3) is 0 Å². The molecule has 2 atom stereocenters. The molecule has 0 aromatic carbocycles. The number of rotatable bonds is 8. The summed E-state index contributed by atoms with van der Waals surface area (Å²) in [5, 5.41) is 12.4. The number of hydrogen-bond donors (Lipinski definition) is 2. The molecule has 21 heavy (non-hydrogen) atoms. The maximum Gasteiger partial charge on any atom is 0.243 e. The van der Waals surface area contributed by atoms with E-state index in [1.54, 1.807) is 23.6 Å². The molecule has 0 radical (unpaired) electrons. The lowest BCUT2D eigenvalue weighted by molar-refractivity contribution is -0.138. The smallest absolute Gasteiger partial charge is 0.243 e. The highest BCUT2D eigenvalue weighted by molar-refractivity contribution is 7.99. The van der Waals surface area contributed by atoms with Crippen molar-refractivity contribution in [2.75, 3.05) is 31.4 Å². The third-order valence-electron chi connectivity index (χ3n) is 3.08. The zero-order valence-electron chi connectivity index (χ0n) is 13.0. The van der Waals surface area contributed by atoms with Gasteiger partial charge in [0, 0.05) is 25.3 Å². The van der Waals surface area contributed by atoms with Crippen molar-refractivity contribution in [2.24, 2.45) is 5.92 Å². The maximum atomic E-state index is 12.1. The van der Waals surface area contributed by atoms with Crippen LogP contribution in [0.2, 0.25) is 0 Å². The Kier molecular flexibility index (Phi) is 8.06. The van der Waals surface area contributed by atoms with Crippen LogP contribution < -0.4 is 5.32 Å². The van der Waals surface area contributed by atoms with Crippen LogP contribution in [-0.4, -0.2) is 65.4 Å². The topological polar surface area (TPSA) is 78.9 Å². The molecule has 1 aliphatic heterocycles. The van der Waals surface area contributed by atoms with E-state index in [9.17, 15) is 14.7 Å². The molecule has 1 rings (SSSR count). The summed E-state index contributed by atoms with van der Waals surface area (Å²) in [5.41, 5.74) is 0. The molecular weight excluding hydrogens is 292 g/mol. The largest absolute Gasteiger partial charge is 0.389 e. The van der Waals surface area contributed by atoms with Crippen LogP contribution in [0.5, 0.6) is 0 Å². The summed E-state index contributed by atoms with van der Waals surface area (Å²) in [6, 6.07) is -0.425. The van der Waals surface area contributed by atoms with E-state index < -0.39 is 12.1 Å². The molecule has 0 aliphatic carbocycles. The fourth-order valence-electron chi connectivity index (χ4n) is 1.94. The predicted molar refractivity (Wildman–Crippen MR) is 82.9 cm³/mol. The molecule has 6 nitrogen and oxygen atoms in total. The van der Waals surface area contributed by atoms with Crippen LogP contribution in [0.3, 0.4) is 0 Å². The molecule has 0 aromatic heterocycles. The van der Waals surface area contributed by atoms with Gasteiger partial charge >= 0.3 is 0 Å². The minimum absolute atomic E-state index is 0.0130. The molecule has 122 valence electrons. The monoisotopic (exact) mass is 318 g/mol. The molecular formula is C14H26N2O4S. The van der Waals surface area contributed by atoms with Crippen LogP contribution in [0, 0.1) is 5.92 Å². The van der Waals surface area contributed by atoms with Gasteiger partial charge in [-0.1, -0.05) is 20.8 Å². The minimum Gasteiger partial charge on any atom is -0.389 e. The first-order valence-electron chi connectivity index (χ1n) is 7.36. The fourth-order valence-corrected chi connectivity index (χ4v) is 3.12. The van der Waals surface area contributed by atoms with Gasteiger partial charge in [-0.15, -0.1) is 11.8 Å². The van der Waals surface area contributed by atoms with Crippen LogP contribution >= 0.6 is 11.8 Å². The average Bonchev–Trinajstić information content (AvgIpc) is 2.93. The Bertz CT molecular complexity index is 352. The summed E-state index contributed by atoms with van der Waals surface area (Å²) in [7, 11) is 0. The van der Waals surface area contributed by atoms with Crippen molar-refractivity contribution >= 4 is 23.6 Å². The van der Waals surface area contributed by atoms with Crippen LogP contribution in [0.1, 0.15) is 27.2 Å². The van der Waals surface area contributed by atoms with E-state index >= 15 is 0 Å². The van der Waals surface area contributed by atoms with E-state index in [0.717, 1.165) is 0 Å². The van der Waals surface area contributed by atoms with Crippen LogP contribution in [-0.2, 0) is 14.3 Å². The number of nitrogens with one attached hydrogen (secondary N) is 1. The van der Waals surface area contributed by atoms with Crippen LogP contribution in [0.15, 0.2) is 0 Å². The molecule has 2 amide bonds. The molecule has 0 spiro atoms. The standard InChI is InChI=1S/C14H26N2O4S/c1-4-13(18)16-9-21-8-12(16)14(19)15-5-11(17)7-20-6-10(2)3/h10-12,17H,4-9H2,1-3H3,(H,15,19)/t11-,12-/m0/s1. The molecule has 1 aliphatic rings. The van der Waals surface area contributed by atoms with E-state index in [1.165, 1.54) is 0 Å². The Balaban J connectivity index is 2.31. The predicted octanol–water partition coefficient (Wildman–Crippen LogP) is 0.448. The third-order valence-corrected chi connectivity index (χ3v) is 4.09. The third kappa shape index (κ3) is 6.23. The van der Waals surface area contributed by atoms with Crippen molar-refractivity contribution in [3.63, 3.8) is 0 Å². The number of hydrogen-bond acceptors (Lipinski definition) is 5. The lowest BCUT2D eigenvalue weighted by Crippen LogP contribution is -2.49. The Morgan fingerprint density at radius 2 is 2.14 bits per heavy atom. The molecule has 2 N–H and O–H groups in total. The molecule has 1 fully saturated rings. The number of aliphatic hydroxyl groups is 1. The number of amides is 2. The van der Waals surface area contributed by atoms with Crippen LogP contribution in [0.4, 0.5) is 0 Å². The van der Waals surface area contributed by atoms with E-state index in [-0.39, 0.29) is 25.0 Å². The zero-order chi connectivity index (χ0) is 15.8. The summed E-state index contributed by atoms with van der Waals surface area (Å²) in [6.45, 7) is 6.79. The van der Waals surface area contributed by atoms with Gasteiger partial charge in [0.1, 0.15) is 6.04 Å². The van der Waals surface area contributed by atoms with Crippen molar-refractivity contribution in [3.05, 3.63) is 0 Å². The number of nitrogens with zero attached hydrogens (tertiary/aromatic N) is 1. The van der Waals surface area contributed by atoms with Gasteiger partial charge in [0.25, 0.3) is 0 Å². The maximum absolute atomic E-state index is 12.1. The minimum atomic E-state index is -0.725. The quantitative estimate of drug-likeness (QED) is 0.679. The van der Waals surface area contributed by atoms with Crippen molar-refractivity contribution < 1.29 is 19.4 Å². The van der Waals surface area contributed by atoms with Gasteiger partial charge in [0.05, 0.1) is 18.6 Å². The van der Waals surface area contributed by atoms with Gasteiger partial charge in [0.15, 0.2) is 0 Å². The number of ether oxygens (including phenoxy) is 1. The van der Waals surface area contributed by atoms with Gasteiger partial charge in [-0.25, -0.2) is 0 Å². The molecule has 7 heteroatoms. The molecule has 0 aromatic rings. The van der Waals surface area contributed by atoms with Crippen molar-refractivity contribution in [3.8, 4) is 0 Å². The molecule has 0 saturated carbocycles. The first-order valence-corrected chi connectivity index (χ1v) is 8.51. The highest BCUT2D eigenvalue weighted by Gasteiger charge is 2.33. The molecule has 1 heterocycles. The van der Waals surface area contributed by atoms with Gasteiger partial charge in [-0.3, -0.25) is 9.59 Å². The Morgan fingerprint density at radius 1 is 1.43 bits per heavy atom. The molecule has 1 saturated heterocycles. The Hall–Kier alpha value is -0.790. The Morgan fingerprint density at radius 3 is 2.76 bits per heavy atom. The molecule has 0 bridgehead atoms. The lowest BCUT2D eigenvalue weighted by Gasteiger charge is -2.23. The summed E-state index contributed by atoms with van der Waals surface area (Å²) in [6.07, 6.45) is -0.326. The number of thioether (sulfide) groups is 1. The van der Waals surface area contributed by atoms with Crippen molar-refractivity contribution in [1.29, 1.82) is 0 Å². The van der Waals surface area contributed by atoms with Gasteiger partial charge < -0.3 is 20.1 Å². The summed E-state index contributed by atoms with van der Waals surface area (Å²) in [5.74, 6) is 1.36. The van der Waals surface area contributed by atoms with E-state index in [2.05, 4.69) is 5.32 Å². The summed E-state index contributed by atoms with van der Waals surface area (Å²) < 4.78 is 5.32. The summed E-state index contributed by atoms with van der Waals surface area (Å²) in [4.78, 5) is 25.4. The average molecular weight is 318 g/mol. The second-order valence-electron chi connectivity index (χ2n) is 5.56. The first-order chi connectivity index (χ1) is 9.95. The van der Waals surface area contributed by atoms with Crippen molar-refractivity contribution in [2.45, 2.75) is 39.3 Å². The van der Waals surface area contributed by atoms with Crippen molar-refractivity contribution in [1.82, 2.24) is 10.2 Å². The highest BCUT2D eigenvalue weighted by atomic mass is 32.2.